The van der Waals surface area contributed by atoms with Gasteiger partial charge in [-0.1, -0.05) is 47.5 Å². The molecule has 26 heavy (non-hydrogen) atoms. The molecule has 1 heterocycles. The minimum Gasteiger partial charge on any atom is -0.477 e. The predicted octanol–water partition coefficient (Wildman–Crippen LogP) is 3.56. The van der Waals surface area contributed by atoms with Crippen LogP contribution in [0.1, 0.15) is 21.6 Å². The van der Waals surface area contributed by atoms with Crippen LogP contribution < -0.4 is 11.2 Å². The summed E-state index contributed by atoms with van der Waals surface area (Å²) in [4.78, 5) is 24.7. The first-order chi connectivity index (χ1) is 12.5. The van der Waals surface area contributed by atoms with E-state index >= 15 is 0 Å². The van der Waals surface area contributed by atoms with Crippen LogP contribution in [0.2, 0.25) is 10.0 Å². The van der Waals surface area contributed by atoms with E-state index in [0.717, 1.165) is 0 Å². The molecule has 7 heteroatoms. The van der Waals surface area contributed by atoms with Crippen molar-refractivity contribution >= 4 is 40.1 Å². The van der Waals surface area contributed by atoms with E-state index in [9.17, 15) is 14.7 Å². The third kappa shape index (κ3) is 3.21. The van der Waals surface area contributed by atoms with Gasteiger partial charge in [-0.3, -0.25) is 4.79 Å². The Morgan fingerprint density at radius 1 is 1.12 bits per heavy atom. The summed E-state index contributed by atoms with van der Waals surface area (Å²) < 4.78 is 1.78. The molecular weight excluding hydrogens is 375 g/mol. The number of aromatic nitrogens is 1. The number of hydrogen-bond acceptors (Lipinski definition) is 3. The van der Waals surface area contributed by atoms with Crippen molar-refractivity contribution in [1.29, 1.82) is 0 Å². The second-order valence-electron chi connectivity index (χ2n) is 5.80. The number of nitrogens with zero attached hydrogens (tertiary/aromatic N) is 1. The molecule has 0 amide bonds. The molecule has 1 aromatic heterocycles. The number of para-hydroxylation sites is 1. The first kappa shape index (κ1) is 18.5. The lowest BCUT2D eigenvalue weighted by Gasteiger charge is -2.19. The highest BCUT2D eigenvalue weighted by molar-refractivity contribution is 6.42. The SMILES string of the molecule is NCCn1c(Cc2cccc(Cl)c2Cl)c(C(=O)O)c(=O)c2ccccc21. The van der Waals surface area contributed by atoms with Gasteiger partial charge >= 0.3 is 5.97 Å². The van der Waals surface area contributed by atoms with Gasteiger partial charge in [-0.25, -0.2) is 4.79 Å². The molecule has 0 aliphatic carbocycles. The summed E-state index contributed by atoms with van der Waals surface area (Å²) >= 11 is 12.3. The summed E-state index contributed by atoms with van der Waals surface area (Å²) in [6.07, 6.45) is 0.154. The second kappa shape index (κ2) is 7.50. The van der Waals surface area contributed by atoms with E-state index in [1.807, 2.05) is 0 Å². The lowest BCUT2D eigenvalue weighted by molar-refractivity contribution is 0.0693. The largest absolute Gasteiger partial charge is 0.477 e. The molecule has 0 fully saturated rings. The number of fused-ring (bicyclic) bond motifs is 1. The van der Waals surface area contributed by atoms with Crippen LogP contribution in [0, 0.1) is 0 Å². The number of rotatable bonds is 5. The lowest BCUT2D eigenvalue weighted by atomic mass is 10.0. The quantitative estimate of drug-likeness (QED) is 0.697. The number of carbonyl (C=O) groups is 1. The van der Waals surface area contributed by atoms with Crippen LogP contribution in [0.3, 0.4) is 0 Å². The van der Waals surface area contributed by atoms with Crippen molar-refractivity contribution in [1.82, 2.24) is 4.57 Å². The molecule has 0 unspecified atom stereocenters. The van der Waals surface area contributed by atoms with Gasteiger partial charge in [0.05, 0.1) is 15.6 Å². The number of nitrogens with two attached hydrogens (primary N) is 1. The van der Waals surface area contributed by atoms with Crippen molar-refractivity contribution < 1.29 is 9.90 Å². The fourth-order valence-corrected chi connectivity index (χ4v) is 3.49. The van der Waals surface area contributed by atoms with E-state index in [4.69, 9.17) is 28.9 Å². The fourth-order valence-electron chi connectivity index (χ4n) is 3.10. The molecule has 0 aliphatic rings. The zero-order valence-electron chi connectivity index (χ0n) is 13.7. The Morgan fingerprint density at radius 2 is 1.85 bits per heavy atom. The van der Waals surface area contributed by atoms with Crippen LogP contribution in [0.15, 0.2) is 47.3 Å². The molecule has 5 nitrogen and oxygen atoms in total. The third-order valence-electron chi connectivity index (χ3n) is 4.24. The highest BCUT2D eigenvalue weighted by atomic mass is 35.5. The number of aromatic carboxylic acids is 1. The van der Waals surface area contributed by atoms with Gasteiger partial charge in [0.1, 0.15) is 5.56 Å². The fraction of sp³-hybridized carbons (Fsp3) is 0.158. The van der Waals surface area contributed by atoms with Crippen molar-refractivity contribution in [2.75, 3.05) is 6.54 Å². The minimum absolute atomic E-state index is 0.154. The number of hydrogen-bond donors (Lipinski definition) is 2. The van der Waals surface area contributed by atoms with Crippen LogP contribution in [-0.4, -0.2) is 22.2 Å². The Morgan fingerprint density at radius 3 is 2.54 bits per heavy atom. The van der Waals surface area contributed by atoms with E-state index in [0.29, 0.717) is 45.3 Å². The topological polar surface area (TPSA) is 85.3 Å². The van der Waals surface area contributed by atoms with E-state index in [1.165, 1.54) is 0 Å². The average molecular weight is 391 g/mol. The molecule has 3 aromatic rings. The van der Waals surface area contributed by atoms with Gasteiger partial charge in [0.2, 0.25) is 5.43 Å². The zero-order chi connectivity index (χ0) is 18.8. The monoisotopic (exact) mass is 390 g/mol. The van der Waals surface area contributed by atoms with Crippen molar-refractivity contribution in [3.05, 3.63) is 79.6 Å². The Bertz CT molecular complexity index is 1060. The van der Waals surface area contributed by atoms with Crippen LogP contribution in [0.4, 0.5) is 0 Å². The maximum absolute atomic E-state index is 12.8. The summed E-state index contributed by atoms with van der Waals surface area (Å²) in [5.41, 5.74) is 6.59. The Hall–Kier alpha value is -2.34. The summed E-state index contributed by atoms with van der Waals surface area (Å²) in [5.74, 6) is -1.28. The van der Waals surface area contributed by atoms with Crippen molar-refractivity contribution in [2.45, 2.75) is 13.0 Å². The normalized spacial score (nSPS) is 11.0. The number of pyridine rings is 1. The molecule has 0 aliphatic heterocycles. The van der Waals surface area contributed by atoms with E-state index < -0.39 is 11.4 Å². The molecule has 3 rings (SSSR count). The summed E-state index contributed by atoms with van der Waals surface area (Å²) in [7, 11) is 0. The molecule has 2 aromatic carbocycles. The first-order valence-electron chi connectivity index (χ1n) is 7.96. The summed E-state index contributed by atoms with van der Waals surface area (Å²) in [5, 5.41) is 10.8. The van der Waals surface area contributed by atoms with Crippen LogP contribution in [0.5, 0.6) is 0 Å². The van der Waals surface area contributed by atoms with Gasteiger partial charge in [-0.05, 0) is 23.8 Å². The van der Waals surface area contributed by atoms with Crippen molar-refractivity contribution in [3.8, 4) is 0 Å². The Balaban J connectivity index is 2.36. The first-order valence-corrected chi connectivity index (χ1v) is 8.72. The number of benzene rings is 2. The summed E-state index contributed by atoms with van der Waals surface area (Å²) in [6.45, 7) is 0.663. The van der Waals surface area contributed by atoms with Gasteiger partial charge in [0.15, 0.2) is 0 Å². The van der Waals surface area contributed by atoms with Gasteiger partial charge in [-0.2, -0.15) is 0 Å². The molecule has 0 saturated carbocycles. The molecule has 0 radical (unpaired) electrons. The van der Waals surface area contributed by atoms with Crippen molar-refractivity contribution in [2.24, 2.45) is 5.73 Å². The Kier molecular flexibility index (Phi) is 5.32. The smallest absolute Gasteiger partial charge is 0.341 e. The molecule has 0 spiro atoms. The molecule has 0 atom stereocenters. The van der Waals surface area contributed by atoms with E-state index in [1.54, 1.807) is 47.0 Å². The van der Waals surface area contributed by atoms with Crippen LogP contribution in [0.25, 0.3) is 10.9 Å². The standard InChI is InChI=1S/C19H16Cl2N2O3/c20-13-6-3-4-11(17(13)21)10-15-16(19(25)26)18(24)12-5-1-2-7-14(12)23(15)9-8-22/h1-7H,8-10,22H2,(H,25,26). The molecule has 0 saturated heterocycles. The molecule has 0 bridgehead atoms. The summed E-state index contributed by atoms with van der Waals surface area (Å²) in [6, 6.07) is 12.0. The number of halogens is 2. The van der Waals surface area contributed by atoms with Crippen LogP contribution >= 0.6 is 23.2 Å². The third-order valence-corrected chi connectivity index (χ3v) is 5.10. The highest BCUT2D eigenvalue weighted by Crippen LogP contribution is 2.28. The van der Waals surface area contributed by atoms with Gasteiger partial charge in [0.25, 0.3) is 0 Å². The average Bonchev–Trinajstić information content (AvgIpc) is 2.62. The maximum atomic E-state index is 12.8. The maximum Gasteiger partial charge on any atom is 0.341 e. The van der Waals surface area contributed by atoms with E-state index in [-0.39, 0.29) is 12.0 Å². The van der Waals surface area contributed by atoms with Gasteiger partial charge in [0, 0.05) is 30.6 Å². The minimum atomic E-state index is -1.28. The van der Waals surface area contributed by atoms with E-state index in [2.05, 4.69) is 0 Å². The zero-order valence-corrected chi connectivity index (χ0v) is 15.2. The highest BCUT2D eigenvalue weighted by Gasteiger charge is 2.22. The lowest BCUT2D eigenvalue weighted by Crippen LogP contribution is -2.26. The molecule has 134 valence electrons. The van der Waals surface area contributed by atoms with Crippen LogP contribution in [-0.2, 0) is 13.0 Å². The van der Waals surface area contributed by atoms with Crippen molar-refractivity contribution in [3.63, 3.8) is 0 Å². The number of carboxylic acid groups (broad SMARTS) is 1. The molecule has 3 N–H and O–H groups in total. The molecular formula is C19H16Cl2N2O3. The predicted molar refractivity (Wildman–Crippen MR) is 103 cm³/mol. The second-order valence-corrected chi connectivity index (χ2v) is 6.59. The Labute approximate surface area is 159 Å². The van der Waals surface area contributed by atoms with Gasteiger partial charge < -0.3 is 15.4 Å². The van der Waals surface area contributed by atoms with Gasteiger partial charge in [-0.15, -0.1) is 0 Å². The number of carboxylic acids is 1.